The predicted molar refractivity (Wildman–Crippen MR) is 151 cm³/mol. The second-order valence-electron chi connectivity index (χ2n) is 10.9. The number of amidine groups is 1. The van der Waals surface area contributed by atoms with E-state index in [4.69, 9.17) is 9.73 Å². The number of ether oxygens (including phenoxy) is 1. The molecule has 3 aliphatic rings. The second kappa shape index (κ2) is 10.6. The fourth-order valence-electron chi connectivity index (χ4n) is 5.78. The average molecular weight is 522 g/mol. The minimum Gasteiger partial charge on any atom is -0.376 e. The fraction of sp³-hybridized carbons (Fsp3) is 0.467. The molecule has 0 aliphatic carbocycles. The molecule has 0 N–H and O–H groups in total. The van der Waals surface area contributed by atoms with Gasteiger partial charge in [-0.15, -0.1) is 0 Å². The number of rotatable bonds is 6. The molecule has 5 nitrogen and oxygen atoms in total. The van der Waals surface area contributed by atoms with Gasteiger partial charge in [0, 0.05) is 29.9 Å². The molecule has 0 aromatic heterocycles. The summed E-state index contributed by atoms with van der Waals surface area (Å²) in [6, 6.07) is 13.2. The first-order valence-electron chi connectivity index (χ1n) is 13.3. The minimum absolute atomic E-state index is 0.000827. The van der Waals surface area contributed by atoms with Crippen LogP contribution in [0.1, 0.15) is 70.4 Å². The summed E-state index contributed by atoms with van der Waals surface area (Å²) < 4.78 is 21.4. The molecule has 7 heteroatoms. The van der Waals surface area contributed by atoms with E-state index < -0.39 is 0 Å². The van der Waals surface area contributed by atoms with Crippen molar-refractivity contribution in [2.75, 3.05) is 24.6 Å². The Hall–Kier alpha value is -2.64. The summed E-state index contributed by atoms with van der Waals surface area (Å²) >= 11 is 1.31. The highest BCUT2D eigenvalue weighted by atomic mass is 32.2. The number of para-hydroxylation sites is 1. The van der Waals surface area contributed by atoms with Gasteiger partial charge in [0.25, 0.3) is 5.91 Å². The zero-order chi connectivity index (χ0) is 26.2. The quantitative estimate of drug-likeness (QED) is 0.380. The molecule has 5 rings (SSSR count). The van der Waals surface area contributed by atoms with E-state index in [1.54, 1.807) is 17.0 Å². The van der Waals surface area contributed by atoms with E-state index in [-0.39, 0.29) is 23.4 Å². The van der Waals surface area contributed by atoms with Gasteiger partial charge in [-0.3, -0.25) is 9.69 Å². The van der Waals surface area contributed by atoms with Crippen LogP contribution >= 0.6 is 11.8 Å². The number of hydrogen-bond acceptors (Lipinski definition) is 5. The number of carbonyl (C=O) groups is 1. The first-order chi connectivity index (χ1) is 17.8. The number of anilines is 1. The molecular weight excluding hydrogens is 485 g/mol. The molecule has 0 radical (unpaired) electrons. The first-order valence-corrected chi connectivity index (χ1v) is 14.2. The van der Waals surface area contributed by atoms with E-state index in [2.05, 4.69) is 32.6 Å². The number of aliphatic imine (C=N–C) groups is 1. The van der Waals surface area contributed by atoms with Crippen molar-refractivity contribution in [3.05, 3.63) is 64.3 Å². The van der Waals surface area contributed by atoms with Gasteiger partial charge in [0.05, 0.1) is 23.2 Å². The van der Waals surface area contributed by atoms with Crippen molar-refractivity contribution >= 4 is 40.3 Å². The summed E-state index contributed by atoms with van der Waals surface area (Å²) in [7, 11) is 0. The van der Waals surface area contributed by atoms with Crippen molar-refractivity contribution in [2.45, 2.75) is 70.9 Å². The molecule has 2 aromatic carbocycles. The average Bonchev–Trinajstić information content (AvgIpc) is 3.47. The third kappa shape index (κ3) is 5.34. The van der Waals surface area contributed by atoms with Crippen molar-refractivity contribution in [3.8, 4) is 0 Å². The lowest BCUT2D eigenvalue weighted by atomic mass is 9.79. The topological polar surface area (TPSA) is 45.1 Å². The van der Waals surface area contributed by atoms with E-state index in [0.29, 0.717) is 28.1 Å². The van der Waals surface area contributed by atoms with Crippen molar-refractivity contribution in [2.24, 2.45) is 4.99 Å². The third-order valence-electron chi connectivity index (χ3n) is 7.52. The van der Waals surface area contributed by atoms with E-state index in [9.17, 15) is 4.79 Å². The molecular formula is C30H36FN3O2S. The maximum Gasteiger partial charge on any atom is 0.266 e. The van der Waals surface area contributed by atoms with Crippen molar-refractivity contribution in [1.82, 2.24) is 4.90 Å². The van der Waals surface area contributed by atoms with Crippen LogP contribution in [0.2, 0.25) is 0 Å². The van der Waals surface area contributed by atoms with Gasteiger partial charge in [-0.05, 0) is 93.1 Å². The molecule has 1 amide bonds. The van der Waals surface area contributed by atoms with Gasteiger partial charge in [0.1, 0.15) is 5.82 Å². The number of carbonyl (C=O) groups excluding carboxylic acids is 1. The molecule has 2 fully saturated rings. The summed E-state index contributed by atoms with van der Waals surface area (Å²) in [5, 5.41) is 0.612. The SMILES string of the molecule is CCCN1c2cc(F)c(/C=C3/SC(=Nc4ccccc4)N(CC4CCCO4)C3=O)cc2C(C)CC1(C)C. The first kappa shape index (κ1) is 26.0. The molecule has 2 atom stereocenters. The molecule has 2 aromatic rings. The van der Waals surface area contributed by atoms with Gasteiger partial charge < -0.3 is 9.64 Å². The highest BCUT2D eigenvalue weighted by molar-refractivity contribution is 8.18. The Morgan fingerprint density at radius 1 is 1.24 bits per heavy atom. The van der Waals surface area contributed by atoms with Crippen LogP contribution in [0.4, 0.5) is 15.8 Å². The molecule has 37 heavy (non-hydrogen) atoms. The molecule has 0 bridgehead atoms. The molecule has 196 valence electrons. The lowest BCUT2D eigenvalue weighted by Crippen LogP contribution is -2.48. The van der Waals surface area contributed by atoms with E-state index >= 15 is 4.39 Å². The number of hydrogen-bond donors (Lipinski definition) is 0. The van der Waals surface area contributed by atoms with E-state index in [0.717, 1.165) is 55.8 Å². The summed E-state index contributed by atoms with van der Waals surface area (Å²) in [6.45, 7) is 10.9. The number of halogens is 1. The van der Waals surface area contributed by atoms with Crippen molar-refractivity contribution in [1.29, 1.82) is 0 Å². The highest BCUT2D eigenvalue weighted by Crippen LogP contribution is 2.45. The largest absolute Gasteiger partial charge is 0.376 e. The highest BCUT2D eigenvalue weighted by Gasteiger charge is 2.38. The Labute approximate surface area is 223 Å². The molecule has 2 unspecified atom stereocenters. The van der Waals surface area contributed by atoms with Crippen LogP contribution in [0.25, 0.3) is 6.08 Å². The Morgan fingerprint density at radius 2 is 2.03 bits per heavy atom. The molecule has 0 spiro atoms. The zero-order valence-corrected chi connectivity index (χ0v) is 23.0. The van der Waals surface area contributed by atoms with Gasteiger partial charge in [-0.25, -0.2) is 9.38 Å². The Bertz CT molecular complexity index is 1220. The fourth-order valence-corrected chi connectivity index (χ4v) is 6.78. The van der Waals surface area contributed by atoms with Crippen LogP contribution in [-0.4, -0.2) is 47.3 Å². The number of nitrogens with zero attached hydrogens (tertiary/aromatic N) is 3. The molecule has 0 saturated carbocycles. The second-order valence-corrected chi connectivity index (χ2v) is 11.9. The van der Waals surface area contributed by atoms with E-state index in [1.165, 1.54) is 11.8 Å². The monoisotopic (exact) mass is 521 g/mol. The number of benzene rings is 2. The van der Waals surface area contributed by atoms with Gasteiger partial charge in [-0.1, -0.05) is 32.0 Å². The van der Waals surface area contributed by atoms with Crippen LogP contribution < -0.4 is 4.90 Å². The molecule has 2 saturated heterocycles. The number of amides is 1. The number of fused-ring (bicyclic) bond motifs is 1. The van der Waals surface area contributed by atoms with Gasteiger partial charge in [-0.2, -0.15) is 0 Å². The Kier molecular flexibility index (Phi) is 7.46. The Balaban J connectivity index is 1.50. The van der Waals surface area contributed by atoms with Crippen molar-refractivity contribution in [3.63, 3.8) is 0 Å². The van der Waals surface area contributed by atoms with Gasteiger partial charge in [0.2, 0.25) is 0 Å². The lowest BCUT2D eigenvalue weighted by molar-refractivity contribution is -0.123. The van der Waals surface area contributed by atoms with E-state index in [1.807, 2.05) is 36.4 Å². The van der Waals surface area contributed by atoms with Gasteiger partial charge in [0.15, 0.2) is 5.17 Å². The van der Waals surface area contributed by atoms with Crippen LogP contribution in [0, 0.1) is 5.82 Å². The zero-order valence-electron chi connectivity index (χ0n) is 22.2. The third-order valence-corrected chi connectivity index (χ3v) is 8.52. The maximum absolute atomic E-state index is 15.6. The minimum atomic E-state index is -0.301. The van der Waals surface area contributed by atoms with Gasteiger partial charge >= 0.3 is 0 Å². The predicted octanol–water partition coefficient (Wildman–Crippen LogP) is 7.11. The smallest absolute Gasteiger partial charge is 0.266 e. The molecule has 3 heterocycles. The van der Waals surface area contributed by atoms with Crippen molar-refractivity contribution < 1.29 is 13.9 Å². The summed E-state index contributed by atoms with van der Waals surface area (Å²) in [5.41, 5.74) is 3.32. The van der Waals surface area contributed by atoms with Crippen LogP contribution in [0.15, 0.2) is 52.4 Å². The van der Waals surface area contributed by atoms with Crippen LogP contribution in [0.3, 0.4) is 0 Å². The molecule has 3 aliphatic heterocycles. The summed E-state index contributed by atoms with van der Waals surface area (Å²) in [6.07, 6.45) is 5.62. The summed E-state index contributed by atoms with van der Waals surface area (Å²) in [5.74, 6) is -0.145. The van der Waals surface area contributed by atoms with Crippen LogP contribution in [-0.2, 0) is 9.53 Å². The summed E-state index contributed by atoms with van der Waals surface area (Å²) in [4.78, 5) is 22.8. The maximum atomic E-state index is 15.6. The lowest BCUT2D eigenvalue weighted by Gasteiger charge is -2.47. The Morgan fingerprint density at radius 3 is 2.73 bits per heavy atom. The normalized spacial score (nSPS) is 25.4. The number of thioether (sulfide) groups is 1. The van der Waals surface area contributed by atoms with Crippen LogP contribution in [0.5, 0.6) is 0 Å². The standard InChI is InChI=1S/C30H36FN3O2S/c1-5-13-34-26-17-25(31)21(15-24(26)20(2)18-30(34,3)4)16-27-28(35)33(19-23-12-9-14-36-23)29(37-27)32-22-10-7-6-8-11-22/h6-8,10-11,15-17,20,23H,5,9,12-14,18-19H2,1-4H3/b27-16+,32-29?.